The second kappa shape index (κ2) is 97.3. The fraction of sp³-hybridized carbons (Fsp3) is 0.917. The van der Waals surface area contributed by atoms with Gasteiger partial charge in [0.1, 0.15) is 31.0 Å². The van der Waals surface area contributed by atoms with Crippen molar-refractivity contribution in [1.82, 2.24) is 0 Å². The molecule has 17 heteroatoms. The van der Waals surface area contributed by atoms with Gasteiger partial charge >= 0.3 is 29.8 Å². The van der Waals surface area contributed by atoms with Crippen LogP contribution < -0.4 is 0 Å². The molecule has 0 radical (unpaired) electrons. The summed E-state index contributed by atoms with van der Waals surface area (Å²) in [6.07, 6.45) is 87.6. The van der Waals surface area contributed by atoms with Crippen LogP contribution >= 0.6 is 0 Å². The summed E-state index contributed by atoms with van der Waals surface area (Å²) in [5.74, 6) is -4.06. The van der Waals surface area contributed by atoms with Crippen LogP contribution in [0, 0.1) is 53.3 Å². The molecule has 4 unspecified atom stereocenters. The fourth-order valence-corrected chi connectivity index (χ4v) is 23.5. The molecular weight excluding hydrogens is 1870 g/mol. The van der Waals surface area contributed by atoms with Crippen molar-refractivity contribution in [1.29, 1.82) is 0 Å². The lowest BCUT2D eigenvalue weighted by Gasteiger charge is -2.47. The number of rotatable bonds is 105. The normalized spacial score (nSPS) is 20.4. The summed E-state index contributed by atoms with van der Waals surface area (Å²) < 4.78 is 52.2. The van der Waals surface area contributed by atoms with E-state index in [-0.39, 0.29) is 47.2 Å². The second-order valence-corrected chi connectivity index (χ2v) is 49.0. The molecule has 0 saturated carbocycles. The van der Waals surface area contributed by atoms with E-state index in [1.807, 2.05) is 25.2 Å². The van der Waals surface area contributed by atoms with Crippen molar-refractivity contribution in [3.63, 3.8) is 0 Å². The number of allylic oxidation sites excluding steroid dienone is 3. The predicted molar refractivity (Wildman–Crippen MR) is 629 cm³/mol. The van der Waals surface area contributed by atoms with Gasteiger partial charge in [0.25, 0.3) is 0 Å². The highest BCUT2D eigenvalue weighted by Gasteiger charge is 2.56. The molecule has 0 aromatic rings. The monoisotopic (exact) mass is 2120 g/mol. The average molecular weight is 2120 g/mol. The number of esters is 5. The van der Waals surface area contributed by atoms with Gasteiger partial charge in [-0.05, 0) is 107 Å². The molecule has 2 rings (SSSR count). The van der Waals surface area contributed by atoms with Gasteiger partial charge < -0.3 is 58.3 Å². The molecule has 150 heavy (non-hydrogen) atoms. The smallest absolute Gasteiger partial charge is 0.333 e. The molecule has 882 valence electrons. The lowest BCUT2D eigenvalue weighted by molar-refractivity contribution is -0.377. The summed E-state index contributed by atoms with van der Waals surface area (Å²) in [6.45, 7) is 33.7. The van der Waals surface area contributed by atoms with Crippen molar-refractivity contribution in [3.05, 3.63) is 34.9 Å². The van der Waals surface area contributed by atoms with E-state index in [0.29, 0.717) is 36.2 Å². The van der Waals surface area contributed by atoms with Gasteiger partial charge in [-0.1, -0.05) is 603 Å². The summed E-state index contributed by atoms with van der Waals surface area (Å²) >= 11 is 0. The lowest BCUT2D eigenvalue weighted by Crippen LogP contribution is -2.66. The Bertz CT molecular complexity index is 3220. The van der Waals surface area contributed by atoms with Crippen molar-refractivity contribution in [2.75, 3.05) is 13.2 Å². The Morgan fingerprint density at radius 3 is 0.813 bits per heavy atom. The highest BCUT2D eigenvalue weighted by atomic mass is 16.8. The second-order valence-electron chi connectivity index (χ2n) is 49.0. The van der Waals surface area contributed by atoms with Crippen LogP contribution in [0.25, 0.3) is 0 Å². The maximum absolute atomic E-state index is 15.2. The van der Waals surface area contributed by atoms with Crippen molar-refractivity contribution in [2.45, 2.75) is 718 Å². The Labute approximate surface area is 926 Å². The Morgan fingerprint density at radius 2 is 0.527 bits per heavy atom. The molecule has 2 heterocycles. The van der Waals surface area contributed by atoms with E-state index in [4.69, 9.17) is 37.9 Å². The number of hydrogen-bond acceptors (Lipinski definition) is 17. The largest absolute Gasteiger partial charge is 0.459 e. The Balaban J connectivity index is 2.70. The van der Waals surface area contributed by atoms with E-state index in [0.717, 1.165) is 109 Å². The van der Waals surface area contributed by atoms with Crippen molar-refractivity contribution in [3.8, 4) is 0 Å². The molecule has 2 fully saturated rings. The molecule has 2 aliphatic heterocycles. The zero-order chi connectivity index (χ0) is 110. The van der Waals surface area contributed by atoms with Gasteiger partial charge in [0.15, 0.2) is 24.4 Å². The van der Waals surface area contributed by atoms with E-state index in [9.17, 15) is 34.8 Å². The predicted octanol–water partition coefficient (Wildman–Crippen LogP) is 37.8. The van der Waals surface area contributed by atoms with Crippen LogP contribution in [0.3, 0.4) is 0 Å². The number of aliphatic hydroxyl groups is 4. The molecular formula is C133H248O17. The highest BCUT2D eigenvalue weighted by Crippen LogP contribution is 2.38. The van der Waals surface area contributed by atoms with Crippen LogP contribution in [0.1, 0.15) is 651 Å². The fourth-order valence-electron chi connectivity index (χ4n) is 23.5. The standard InChI is InChI=1S/C133H248O17/c1-18-23-28-33-38-43-48-53-57-59-61-65-69-74-79-83-88-93-107(7)98-111(11)102-115(15)129(140)147-124-118(104-134)144-132(126(123(124)138)149-130(141)116(16)103-112(12)99-108(8)94-89-84-78-73-68-64-56-51-46-41-36-31-26-21-4)150-133-127(146-120(135)96-91-86-81-76-71-62-52-47-42-37-32-27-22-5)125(148-131(142)117(17)121(136)113(13)100-109(9)95-90-85-80-75-70-66-60-58-54-49-44-39-34-29-24-19-2)122(137)119(145-133)105-143-128(139)114(14)101-110(10)97-106(6)92-87-82-77-72-67-63-55-50-45-40-35-30-25-20-3/h101-103,106-113,117-119,121-127,132-134,136-138H,18-100,104-105H2,1-17H3/b114-101+,115-102+,116-103+/t106-,107-,108-,109-,110-,111-,112-,113-,117-,118?,119?,121-,122+,123?,124+,125?,126-,127+,132+,133+/m0/s1. The van der Waals surface area contributed by atoms with E-state index < -0.39 is 116 Å². The quantitative estimate of drug-likeness (QED) is 0.0192. The number of ether oxygens (including phenoxy) is 8. The molecule has 4 N–H and O–H groups in total. The van der Waals surface area contributed by atoms with Crippen LogP contribution in [0.5, 0.6) is 0 Å². The first-order chi connectivity index (χ1) is 72.7. The topological polar surface area (TPSA) is 240 Å². The number of hydrogen-bond donors (Lipinski definition) is 4. The first kappa shape index (κ1) is 142. The molecule has 2 saturated heterocycles. The summed E-state index contributed by atoms with van der Waals surface area (Å²) in [6, 6.07) is 0. The average Bonchev–Trinajstić information content (AvgIpc) is 0.768. The van der Waals surface area contributed by atoms with Gasteiger partial charge in [0.2, 0.25) is 12.6 Å². The molecule has 0 spiro atoms. The third kappa shape index (κ3) is 74.6. The van der Waals surface area contributed by atoms with Crippen molar-refractivity contribution in [2.24, 2.45) is 53.3 Å². The van der Waals surface area contributed by atoms with Gasteiger partial charge in [-0.3, -0.25) is 9.59 Å². The first-order valence-electron chi connectivity index (χ1n) is 65.3. The number of carbonyl (C=O) groups excluding carboxylic acids is 5. The minimum absolute atomic E-state index is 0.0126. The lowest BCUT2D eigenvalue weighted by atomic mass is 9.85. The summed E-state index contributed by atoms with van der Waals surface area (Å²) in [5.41, 5.74) is 0.862. The van der Waals surface area contributed by atoms with Gasteiger partial charge in [0.05, 0.1) is 18.6 Å². The molecule has 0 bridgehead atoms. The molecule has 20 atom stereocenters. The maximum Gasteiger partial charge on any atom is 0.333 e. The molecule has 0 aromatic carbocycles. The van der Waals surface area contributed by atoms with E-state index in [2.05, 4.69) is 83.1 Å². The number of aliphatic hydroxyl groups excluding tert-OH is 4. The zero-order valence-electron chi connectivity index (χ0n) is 101. The Morgan fingerprint density at radius 1 is 0.280 bits per heavy atom. The Kier molecular flexibility index (Phi) is 92.4. The molecule has 0 amide bonds. The summed E-state index contributed by atoms with van der Waals surface area (Å²) in [5, 5.41) is 49.9. The van der Waals surface area contributed by atoms with Gasteiger partial charge in [0, 0.05) is 23.1 Å². The SMILES string of the molecule is CCCCCCCCCCCCCCCCCCC[C@H](C)C[C@H](C)/C=C(\C)C(=O)O[C@@H]1C(CO)O[C@H](O[C@H]2OC(COC(=O)/C(C)=C/[C@@H](C)C[C@@H](C)CCCCCCCCCCCCCCCC)[C@@H](O)C(OC(=O)[C@@H](C)[C@@H](O)[C@@H](C)C[C@@H](C)CCCCCCCCCCCCCCCCCC)[C@H]2OC(=O)CCCCCCCCCCCCCCC)[C@@H](OC(=O)/C(C)=C/[C@@H](C)C[C@@H](C)CCCCCCCCCCCCCCCC)C1O. The van der Waals surface area contributed by atoms with Crippen molar-refractivity contribution >= 4 is 29.8 Å². The third-order valence-corrected chi connectivity index (χ3v) is 33.1. The third-order valence-electron chi connectivity index (χ3n) is 33.1. The molecule has 17 nitrogen and oxygen atoms in total. The van der Waals surface area contributed by atoms with Crippen LogP contribution in [-0.2, 0) is 61.9 Å². The minimum Gasteiger partial charge on any atom is -0.459 e. The van der Waals surface area contributed by atoms with E-state index in [1.54, 1.807) is 27.7 Å². The Hall–Kier alpha value is -3.71. The van der Waals surface area contributed by atoms with Crippen LogP contribution in [0.4, 0.5) is 0 Å². The molecule has 0 aliphatic carbocycles. The van der Waals surface area contributed by atoms with Crippen LogP contribution in [0.2, 0.25) is 0 Å². The number of carbonyl (C=O) groups is 5. The van der Waals surface area contributed by atoms with Crippen LogP contribution in [0.15, 0.2) is 34.9 Å². The maximum atomic E-state index is 15.2. The van der Waals surface area contributed by atoms with Crippen molar-refractivity contribution < 1.29 is 82.3 Å². The first-order valence-corrected chi connectivity index (χ1v) is 65.3. The summed E-state index contributed by atoms with van der Waals surface area (Å²) in [4.78, 5) is 74.3. The molecule has 2 aliphatic rings. The van der Waals surface area contributed by atoms with Gasteiger partial charge in [-0.25, -0.2) is 14.4 Å². The minimum atomic E-state index is -1.94. The van der Waals surface area contributed by atoms with E-state index in [1.165, 1.54) is 405 Å². The van der Waals surface area contributed by atoms with Gasteiger partial charge in [-0.15, -0.1) is 0 Å². The van der Waals surface area contributed by atoms with E-state index >= 15 is 9.59 Å². The number of unbranched alkanes of at least 4 members (excludes halogenated alkanes) is 69. The van der Waals surface area contributed by atoms with Gasteiger partial charge in [-0.2, -0.15) is 0 Å². The molecule has 0 aromatic heterocycles. The van der Waals surface area contributed by atoms with Crippen LogP contribution in [-0.4, -0.2) is 131 Å². The summed E-state index contributed by atoms with van der Waals surface area (Å²) in [7, 11) is 0. The zero-order valence-corrected chi connectivity index (χ0v) is 101. The highest BCUT2D eigenvalue weighted by molar-refractivity contribution is 5.89.